The van der Waals surface area contributed by atoms with Crippen molar-refractivity contribution in [1.82, 2.24) is 19.5 Å². The number of ether oxygens (including phenoxy) is 1. The summed E-state index contributed by atoms with van der Waals surface area (Å²) in [6.07, 6.45) is 0.324. The Hall–Kier alpha value is -0.526. The average Bonchev–Trinajstić information content (AvgIpc) is 3.08. The third-order valence-corrected chi connectivity index (χ3v) is 4.31. The largest absolute Gasteiger partial charge is 0.369 e. The van der Waals surface area contributed by atoms with Crippen molar-refractivity contribution in [1.29, 1.82) is 0 Å². The molecule has 3 unspecified atom stereocenters. The van der Waals surface area contributed by atoms with Crippen molar-refractivity contribution in [3.63, 3.8) is 0 Å². The molecule has 0 aliphatic carbocycles. The zero-order chi connectivity index (χ0) is 20.3. The van der Waals surface area contributed by atoms with E-state index in [9.17, 15) is 9.36 Å². The molecule has 2 aromatic rings. The van der Waals surface area contributed by atoms with Gasteiger partial charge in [-0.05, 0) is 0 Å². The summed E-state index contributed by atoms with van der Waals surface area (Å²) < 4.78 is 31.5. The van der Waals surface area contributed by atoms with Crippen LogP contribution in [-0.4, -0.2) is 53.0 Å². The number of nitrogen functional groups attached to an aromatic ring is 1. The van der Waals surface area contributed by atoms with E-state index in [1.807, 2.05) is 6.92 Å². The van der Waals surface area contributed by atoms with E-state index >= 15 is 0 Å². The summed E-state index contributed by atoms with van der Waals surface area (Å²) in [6.45, 7) is 1.76. The molecule has 1 radical (unpaired) electrons. The molecule has 14 nitrogen and oxygen atoms in total. The van der Waals surface area contributed by atoms with Gasteiger partial charge in [0, 0.05) is 44.7 Å². The van der Waals surface area contributed by atoms with E-state index in [-0.39, 0.29) is 62.3 Å². The summed E-state index contributed by atoms with van der Waals surface area (Å²) in [5.74, 6) is -0.192. The van der Waals surface area contributed by atoms with Gasteiger partial charge in [0.25, 0.3) is 5.56 Å². The third-order valence-electron chi connectivity index (χ3n) is 3.90. The third kappa shape index (κ3) is 6.23. The Morgan fingerprint density at radius 1 is 1.39 bits per heavy atom. The molecular weight excluding hydrogens is 495 g/mol. The van der Waals surface area contributed by atoms with Gasteiger partial charge in [0.05, 0.1) is 19.0 Å². The predicted octanol–water partition coefficient (Wildman–Crippen LogP) is -1.68. The quantitative estimate of drug-likeness (QED) is 0.251. The molecule has 0 saturated carbocycles. The zero-order valence-corrected chi connectivity index (χ0v) is 19.4. The van der Waals surface area contributed by atoms with E-state index < -0.39 is 40.4 Å². The first-order chi connectivity index (χ1) is 12.6. The first-order valence-corrected chi connectivity index (χ1v) is 10.1. The van der Waals surface area contributed by atoms with Crippen LogP contribution in [0, 0.1) is 5.92 Å². The number of anilines is 1. The van der Waals surface area contributed by atoms with Crippen LogP contribution in [0.3, 0.4) is 0 Å². The number of hydrogen-bond donors (Lipinski definition) is 6. The van der Waals surface area contributed by atoms with Crippen molar-refractivity contribution in [2.75, 3.05) is 12.3 Å². The van der Waals surface area contributed by atoms with Crippen LogP contribution in [0.5, 0.6) is 0 Å². The van der Waals surface area contributed by atoms with Gasteiger partial charge < -0.3 is 35.4 Å². The number of imidazole rings is 1. The van der Waals surface area contributed by atoms with Gasteiger partial charge in [-0.25, -0.2) is 4.98 Å². The summed E-state index contributed by atoms with van der Waals surface area (Å²) >= 11 is 0. The number of nitrogens with two attached hydrogens (primary N) is 2. The number of fused-ring (bicyclic) bond motifs is 1. The number of rotatable bonds is 4. The summed E-state index contributed by atoms with van der Waals surface area (Å²) in [5, 5.41) is 0. The summed E-state index contributed by atoms with van der Waals surface area (Å²) in [7, 11) is -6.19. The predicted molar refractivity (Wildman–Crippen MR) is 94.2 cm³/mol. The number of aromatic nitrogens is 4. The van der Waals surface area contributed by atoms with Gasteiger partial charge in [-0.1, -0.05) is 6.92 Å². The van der Waals surface area contributed by atoms with Gasteiger partial charge in [0.2, 0.25) is 5.95 Å². The smallest absolute Gasteiger partial charge is 0.316 e. The van der Waals surface area contributed by atoms with Crippen molar-refractivity contribution >= 4 is 33.6 Å². The van der Waals surface area contributed by atoms with Gasteiger partial charge in [-0.2, -0.15) is 4.98 Å². The van der Waals surface area contributed by atoms with Gasteiger partial charge in [0.15, 0.2) is 11.2 Å². The monoisotopic (exact) mass is 515 g/mol. The molecule has 3 rings (SSSR count). The Labute approximate surface area is 184 Å². The Morgan fingerprint density at radius 2 is 2.00 bits per heavy atom. The van der Waals surface area contributed by atoms with Crippen LogP contribution < -0.4 is 17.0 Å². The molecule has 0 aromatic carbocycles. The van der Waals surface area contributed by atoms with E-state index in [2.05, 4.69) is 15.0 Å². The van der Waals surface area contributed by atoms with E-state index in [1.54, 1.807) is 4.57 Å². The molecule has 1 fully saturated rings. The van der Waals surface area contributed by atoms with Crippen LogP contribution in [0.2, 0.25) is 0 Å². The standard InChI is InChI=1S/C11H17N6O5P.H3O3P.Y/c1-4-6(12)5(2-21-23(19)20)22-10(4)17-3-14-7-8(17)15-11(13)16-9(7)18;1-4(2)3;/h3-6,10,23H,2,12H2,1H3,(H,19,20)(H3,13,15,16,18);4H,(H2,1,2,3);/t4?,5-,6?,10-;;/m1../s1. The fourth-order valence-electron chi connectivity index (χ4n) is 2.67. The molecule has 3 heterocycles. The normalized spacial score (nSPS) is 25.2. The SMILES string of the molecule is CC1C(N)[C@@H](CO[PH](=O)O)O[C@H]1n1cnc2c(=O)[nH]c(N)nc21.O=[PH](O)O.[Y]. The van der Waals surface area contributed by atoms with Crippen molar-refractivity contribution in [2.45, 2.75) is 25.3 Å². The minimum atomic E-state index is -3.13. The zero-order valence-electron chi connectivity index (χ0n) is 14.6. The molecule has 1 aliphatic rings. The van der Waals surface area contributed by atoms with Gasteiger partial charge in [-0.3, -0.25) is 23.5 Å². The van der Waals surface area contributed by atoms with Gasteiger partial charge >= 0.3 is 16.5 Å². The fourth-order valence-corrected chi connectivity index (χ4v) is 2.98. The summed E-state index contributed by atoms with van der Waals surface area (Å²) in [6, 6.07) is -0.418. The van der Waals surface area contributed by atoms with Gasteiger partial charge in [0.1, 0.15) is 6.23 Å². The summed E-state index contributed by atoms with van der Waals surface area (Å²) in [5.41, 5.74) is 11.6. The first-order valence-electron chi connectivity index (χ1n) is 7.52. The van der Waals surface area contributed by atoms with Gasteiger partial charge in [-0.15, -0.1) is 0 Å². The Morgan fingerprint density at radius 3 is 2.57 bits per heavy atom. The van der Waals surface area contributed by atoms with Crippen molar-refractivity contribution in [3.8, 4) is 0 Å². The number of nitrogens with one attached hydrogen (secondary N) is 1. The minimum Gasteiger partial charge on any atom is -0.369 e. The second-order valence-electron chi connectivity index (χ2n) is 5.64. The number of hydrogen-bond acceptors (Lipinski definition) is 9. The number of H-pyrrole nitrogens is 1. The Balaban J connectivity index is 0.000000717. The molecule has 0 amide bonds. The fraction of sp³-hybridized carbons (Fsp3) is 0.545. The van der Waals surface area contributed by atoms with Crippen LogP contribution in [0.4, 0.5) is 5.95 Å². The van der Waals surface area contributed by atoms with Crippen LogP contribution in [0.1, 0.15) is 13.2 Å². The topological polar surface area (TPSA) is 229 Å². The number of nitrogens with zero attached hydrogens (tertiary/aromatic N) is 3. The van der Waals surface area contributed by atoms with E-state index in [1.165, 1.54) is 6.33 Å². The molecule has 1 aliphatic heterocycles. The maximum Gasteiger partial charge on any atom is 0.316 e. The molecule has 0 bridgehead atoms. The molecule has 155 valence electrons. The minimum absolute atomic E-state index is 0. The number of aromatic amines is 1. The molecule has 0 spiro atoms. The van der Waals surface area contributed by atoms with Crippen molar-refractivity contribution in [3.05, 3.63) is 16.7 Å². The Kier molecular flexibility index (Phi) is 10.0. The molecule has 17 heteroatoms. The van der Waals surface area contributed by atoms with E-state index in [4.69, 9.17) is 40.0 Å². The van der Waals surface area contributed by atoms with E-state index in [0.29, 0.717) is 0 Å². The first kappa shape index (κ1) is 25.5. The van der Waals surface area contributed by atoms with Crippen molar-refractivity contribution < 1.29 is 65.8 Å². The Bertz CT molecular complexity index is 905. The molecular formula is C11H20N6O8P2Y. The second-order valence-corrected chi connectivity index (χ2v) is 7.02. The maximum absolute atomic E-state index is 11.8. The average molecular weight is 515 g/mol. The summed E-state index contributed by atoms with van der Waals surface area (Å²) in [4.78, 5) is 45.4. The van der Waals surface area contributed by atoms with E-state index in [0.717, 1.165) is 0 Å². The van der Waals surface area contributed by atoms with Crippen LogP contribution in [0.15, 0.2) is 11.1 Å². The second kappa shape index (κ2) is 11.0. The van der Waals surface area contributed by atoms with Crippen molar-refractivity contribution in [2.24, 2.45) is 11.7 Å². The molecule has 2 aromatic heterocycles. The van der Waals surface area contributed by atoms with Crippen LogP contribution >= 0.6 is 16.5 Å². The van der Waals surface area contributed by atoms with Crippen LogP contribution in [-0.2, 0) is 51.1 Å². The maximum atomic E-state index is 11.8. The molecule has 1 saturated heterocycles. The molecule has 5 atom stereocenters. The van der Waals surface area contributed by atoms with Crippen LogP contribution in [0.25, 0.3) is 11.2 Å². The molecule has 28 heavy (non-hydrogen) atoms. The molecule has 8 N–H and O–H groups in total.